The molecule has 20 heavy (non-hydrogen) atoms. The predicted octanol–water partition coefficient (Wildman–Crippen LogP) is 1.02. The highest BCUT2D eigenvalue weighted by atomic mass is 32.2. The molecule has 1 unspecified atom stereocenters. The predicted molar refractivity (Wildman–Crippen MR) is 80.2 cm³/mol. The van der Waals surface area contributed by atoms with E-state index in [-0.39, 0.29) is 11.2 Å². The molecule has 5 nitrogen and oxygen atoms in total. The molecule has 0 aromatic heterocycles. The Hall–Kier alpha value is -0.170. The molecule has 2 aliphatic rings. The highest BCUT2D eigenvalue weighted by Gasteiger charge is 2.49. The van der Waals surface area contributed by atoms with E-state index in [0.717, 1.165) is 32.6 Å². The van der Waals surface area contributed by atoms with Crippen molar-refractivity contribution < 1.29 is 13.2 Å². The molecule has 0 aromatic rings. The number of hydrogen-bond donors (Lipinski definition) is 0. The van der Waals surface area contributed by atoms with Gasteiger partial charge in [0.15, 0.2) is 0 Å². The highest BCUT2D eigenvalue weighted by molar-refractivity contribution is 7.89. The van der Waals surface area contributed by atoms with E-state index in [2.05, 4.69) is 19.0 Å². The number of ether oxygens (including phenoxy) is 1. The fraction of sp³-hybridized carbons (Fsp3) is 1.00. The first-order chi connectivity index (χ1) is 9.39. The Bertz CT molecular complexity index is 416. The molecule has 118 valence electrons. The van der Waals surface area contributed by atoms with Gasteiger partial charge < -0.3 is 9.64 Å². The van der Waals surface area contributed by atoms with E-state index < -0.39 is 10.0 Å². The third kappa shape index (κ3) is 3.35. The Kier molecular flexibility index (Phi) is 5.10. The van der Waals surface area contributed by atoms with Crippen LogP contribution in [-0.4, -0.2) is 70.3 Å². The minimum Gasteiger partial charge on any atom is -0.381 e. The number of rotatable bonds is 5. The molecule has 2 rings (SSSR count). The molecule has 6 heteroatoms. The van der Waals surface area contributed by atoms with Crippen molar-refractivity contribution in [2.75, 3.05) is 52.7 Å². The molecular weight excluding hydrogens is 276 g/mol. The molecule has 0 amide bonds. The third-order valence-electron chi connectivity index (χ3n) is 4.71. The first-order valence-corrected chi connectivity index (χ1v) is 9.21. The zero-order valence-electron chi connectivity index (χ0n) is 13.0. The summed E-state index contributed by atoms with van der Waals surface area (Å²) in [5, 5.41) is 0. The van der Waals surface area contributed by atoms with Gasteiger partial charge in [-0.15, -0.1) is 0 Å². The van der Waals surface area contributed by atoms with Crippen LogP contribution < -0.4 is 0 Å². The fourth-order valence-corrected chi connectivity index (χ4v) is 5.25. The molecule has 2 saturated heterocycles. The summed E-state index contributed by atoms with van der Waals surface area (Å²) >= 11 is 0. The standard InChI is InChI=1S/C14H28N2O3S/c1-4-9-20(17,18)16-11-13(10-15(2)3)14(12-16)5-7-19-8-6-14/h13H,4-12H2,1-3H3. The van der Waals surface area contributed by atoms with Gasteiger partial charge in [0.05, 0.1) is 5.75 Å². The van der Waals surface area contributed by atoms with E-state index in [4.69, 9.17) is 4.74 Å². The maximum Gasteiger partial charge on any atom is 0.214 e. The van der Waals surface area contributed by atoms with E-state index >= 15 is 0 Å². The fourth-order valence-electron chi connectivity index (χ4n) is 3.62. The maximum atomic E-state index is 12.4. The first-order valence-electron chi connectivity index (χ1n) is 7.60. The molecule has 0 N–H and O–H groups in total. The van der Waals surface area contributed by atoms with E-state index in [1.165, 1.54) is 0 Å². The van der Waals surface area contributed by atoms with Crippen molar-refractivity contribution >= 4 is 10.0 Å². The van der Waals surface area contributed by atoms with Crippen LogP contribution in [0.1, 0.15) is 26.2 Å². The Morgan fingerprint density at radius 1 is 1.30 bits per heavy atom. The second-order valence-electron chi connectivity index (χ2n) is 6.54. The number of nitrogens with zero attached hydrogens (tertiary/aromatic N) is 2. The van der Waals surface area contributed by atoms with Crippen molar-refractivity contribution in [3.63, 3.8) is 0 Å². The summed E-state index contributed by atoms with van der Waals surface area (Å²) in [7, 11) is 1.05. The van der Waals surface area contributed by atoms with Crippen molar-refractivity contribution in [1.29, 1.82) is 0 Å². The van der Waals surface area contributed by atoms with Crippen molar-refractivity contribution in [2.45, 2.75) is 26.2 Å². The minimum atomic E-state index is -3.08. The van der Waals surface area contributed by atoms with Gasteiger partial charge in [0.2, 0.25) is 10.0 Å². The second-order valence-corrected chi connectivity index (χ2v) is 8.63. The second kappa shape index (κ2) is 6.30. The molecular formula is C14H28N2O3S. The van der Waals surface area contributed by atoms with Crippen molar-refractivity contribution in [3.8, 4) is 0 Å². The van der Waals surface area contributed by atoms with Gasteiger partial charge in [0, 0.05) is 32.8 Å². The average molecular weight is 304 g/mol. The summed E-state index contributed by atoms with van der Waals surface area (Å²) in [4.78, 5) is 2.18. The maximum absolute atomic E-state index is 12.4. The molecule has 2 aliphatic heterocycles. The van der Waals surface area contributed by atoms with E-state index in [1.807, 2.05) is 6.92 Å². The quantitative estimate of drug-likeness (QED) is 0.761. The van der Waals surface area contributed by atoms with Gasteiger partial charge in [-0.1, -0.05) is 6.92 Å². The van der Waals surface area contributed by atoms with Crippen LogP contribution in [0, 0.1) is 11.3 Å². The van der Waals surface area contributed by atoms with Crippen LogP contribution in [-0.2, 0) is 14.8 Å². The van der Waals surface area contributed by atoms with Crippen LogP contribution in [0.4, 0.5) is 0 Å². The molecule has 0 saturated carbocycles. The average Bonchev–Trinajstić information content (AvgIpc) is 2.69. The summed E-state index contributed by atoms with van der Waals surface area (Å²) in [5.41, 5.74) is 0.128. The van der Waals surface area contributed by atoms with Crippen LogP contribution in [0.5, 0.6) is 0 Å². The minimum absolute atomic E-state index is 0.128. The van der Waals surface area contributed by atoms with Gasteiger partial charge in [0.25, 0.3) is 0 Å². The van der Waals surface area contributed by atoms with Gasteiger partial charge >= 0.3 is 0 Å². The SMILES string of the molecule is CCCS(=O)(=O)N1CC(CN(C)C)C2(CCOCC2)C1. The normalized spacial score (nSPS) is 27.5. The van der Waals surface area contributed by atoms with Crippen LogP contribution in [0.15, 0.2) is 0 Å². The van der Waals surface area contributed by atoms with Gasteiger partial charge in [-0.3, -0.25) is 0 Å². The summed E-state index contributed by atoms with van der Waals surface area (Å²) in [6.07, 6.45) is 2.67. The summed E-state index contributed by atoms with van der Waals surface area (Å²) < 4.78 is 32.0. The zero-order valence-corrected chi connectivity index (χ0v) is 13.8. The smallest absolute Gasteiger partial charge is 0.214 e. The van der Waals surface area contributed by atoms with Crippen LogP contribution >= 0.6 is 0 Å². The Balaban J connectivity index is 2.17. The van der Waals surface area contributed by atoms with Gasteiger partial charge in [-0.05, 0) is 44.7 Å². The lowest BCUT2D eigenvalue weighted by atomic mass is 9.72. The molecule has 0 aromatic carbocycles. The van der Waals surface area contributed by atoms with E-state index in [9.17, 15) is 8.42 Å². The van der Waals surface area contributed by atoms with Crippen molar-refractivity contribution in [2.24, 2.45) is 11.3 Å². The highest BCUT2D eigenvalue weighted by Crippen LogP contribution is 2.45. The Morgan fingerprint density at radius 3 is 2.50 bits per heavy atom. The molecule has 2 heterocycles. The zero-order chi connectivity index (χ0) is 14.8. The van der Waals surface area contributed by atoms with Gasteiger partial charge in [-0.25, -0.2) is 12.7 Å². The van der Waals surface area contributed by atoms with Crippen molar-refractivity contribution in [1.82, 2.24) is 9.21 Å². The van der Waals surface area contributed by atoms with Gasteiger partial charge in [-0.2, -0.15) is 0 Å². The summed E-state index contributed by atoms with van der Waals surface area (Å²) in [6, 6.07) is 0. The van der Waals surface area contributed by atoms with Gasteiger partial charge in [0.1, 0.15) is 0 Å². The molecule has 0 radical (unpaired) electrons. The lowest BCUT2D eigenvalue weighted by Crippen LogP contribution is -2.41. The monoisotopic (exact) mass is 304 g/mol. The third-order valence-corrected chi connectivity index (χ3v) is 6.70. The largest absolute Gasteiger partial charge is 0.381 e. The molecule has 1 atom stereocenters. The van der Waals surface area contributed by atoms with E-state index in [1.54, 1.807) is 4.31 Å². The molecule has 2 fully saturated rings. The Morgan fingerprint density at radius 2 is 1.95 bits per heavy atom. The molecule has 1 spiro atoms. The summed E-state index contributed by atoms with van der Waals surface area (Å²) in [5.74, 6) is 0.696. The van der Waals surface area contributed by atoms with Crippen LogP contribution in [0.25, 0.3) is 0 Å². The first kappa shape index (κ1) is 16.2. The number of sulfonamides is 1. The molecule has 0 aliphatic carbocycles. The molecule has 0 bridgehead atoms. The van der Waals surface area contributed by atoms with E-state index in [0.29, 0.717) is 25.4 Å². The topological polar surface area (TPSA) is 49.9 Å². The lowest BCUT2D eigenvalue weighted by molar-refractivity contribution is -0.00332. The van der Waals surface area contributed by atoms with Crippen LogP contribution in [0.2, 0.25) is 0 Å². The number of hydrogen-bond acceptors (Lipinski definition) is 4. The lowest BCUT2D eigenvalue weighted by Gasteiger charge is -2.39. The summed E-state index contributed by atoms with van der Waals surface area (Å²) in [6.45, 7) is 5.79. The van der Waals surface area contributed by atoms with Crippen LogP contribution in [0.3, 0.4) is 0 Å². The Labute approximate surface area is 123 Å². The van der Waals surface area contributed by atoms with Crippen molar-refractivity contribution in [3.05, 3.63) is 0 Å².